The van der Waals surface area contributed by atoms with E-state index in [9.17, 15) is 29.1 Å². The fraction of sp³-hybridized carbons (Fsp3) is 0.556. The van der Waals surface area contributed by atoms with E-state index < -0.39 is 66.2 Å². The number of H-pyrrole nitrogens is 1. The number of carboxylic acids is 2. The summed E-state index contributed by atoms with van der Waals surface area (Å²) >= 11 is 0. The summed E-state index contributed by atoms with van der Waals surface area (Å²) in [7, 11) is 0. The molecule has 13 heteroatoms. The number of amides is 3. The minimum Gasteiger partial charge on any atom is -0.481 e. The maximum atomic E-state index is 12.8. The monoisotopic (exact) mass is 440 g/mol. The smallest absolute Gasteiger partial charge is 0.326 e. The molecule has 31 heavy (non-hydrogen) atoms. The highest BCUT2D eigenvalue weighted by Crippen LogP contribution is 2.06. The van der Waals surface area contributed by atoms with Gasteiger partial charge >= 0.3 is 11.9 Å². The van der Waals surface area contributed by atoms with E-state index in [-0.39, 0.29) is 6.42 Å². The standard InChI is InChI=1S/C18H28N6O7/c1-8(2)14(18(30)31)24-17(29)11(4-10-6-20-7-21-10)23-16(28)12(5-13(25)26)22-15(27)9(3)19/h6-9,11-12,14H,4-5,19H2,1-3H3,(H,20,21)(H,22,27)(H,23,28)(H,24,29)(H,25,26)(H,30,31). The number of carboxylic acid groups (broad SMARTS) is 2. The zero-order valence-corrected chi connectivity index (χ0v) is 17.4. The highest BCUT2D eigenvalue weighted by molar-refractivity contribution is 5.95. The minimum absolute atomic E-state index is 0.0803. The molecule has 0 aromatic carbocycles. The lowest BCUT2D eigenvalue weighted by Crippen LogP contribution is -2.58. The normalized spacial score (nSPS) is 14.7. The van der Waals surface area contributed by atoms with E-state index in [0.29, 0.717) is 5.69 Å². The third-order valence-electron chi connectivity index (χ3n) is 4.27. The zero-order chi connectivity index (χ0) is 23.7. The number of aromatic amines is 1. The van der Waals surface area contributed by atoms with Gasteiger partial charge in [-0.05, 0) is 12.8 Å². The molecule has 13 nitrogen and oxygen atoms in total. The van der Waals surface area contributed by atoms with Crippen LogP contribution in [-0.2, 0) is 30.4 Å². The van der Waals surface area contributed by atoms with Crippen molar-refractivity contribution in [2.75, 3.05) is 0 Å². The van der Waals surface area contributed by atoms with E-state index in [2.05, 4.69) is 25.9 Å². The van der Waals surface area contributed by atoms with Gasteiger partial charge in [-0.3, -0.25) is 19.2 Å². The molecule has 0 aliphatic heterocycles. The van der Waals surface area contributed by atoms with E-state index in [1.54, 1.807) is 13.8 Å². The number of hydrogen-bond acceptors (Lipinski definition) is 7. The van der Waals surface area contributed by atoms with Crippen molar-refractivity contribution in [2.24, 2.45) is 11.7 Å². The van der Waals surface area contributed by atoms with E-state index in [1.165, 1.54) is 19.4 Å². The van der Waals surface area contributed by atoms with E-state index in [1.807, 2.05) is 0 Å². The summed E-state index contributed by atoms with van der Waals surface area (Å²) < 4.78 is 0. The van der Waals surface area contributed by atoms with Gasteiger partial charge in [-0.1, -0.05) is 13.8 Å². The van der Waals surface area contributed by atoms with Crippen LogP contribution in [-0.4, -0.2) is 74.0 Å². The zero-order valence-electron chi connectivity index (χ0n) is 17.4. The van der Waals surface area contributed by atoms with Gasteiger partial charge in [-0.25, -0.2) is 9.78 Å². The molecule has 1 heterocycles. The van der Waals surface area contributed by atoms with Crippen molar-refractivity contribution in [3.63, 3.8) is 0 Å². The van der Waals surface area contributed by atoms with Crippen molar-refractivity contribution < 1.29 is 34.2 Å². The molecule has 0 aliphatic carbocycles. The number of hydrogen-bond donors (Lipinski definition) is 7. The Labute approximate surface area is 178 Å². The van der Waals surface area contributed by atoms with E-state index in [0.717, 1.165) is 0 Å². The van der Waals surface area contributed by atoms with Crippen molar-refractivity contribution in [1.82, 2.24) is 25.9 Å². The maximum Gasteiger partial charge on any atom is 0.326 e. The number of rotatable bonds is 12. The average molecular weight is 440 g/mol. The quantitative estimate of drug-likeness (QED) is 0.190. The van der Waals surface area contributed by atoms with Crippen LogP contribution in [0.4, 0.5) is 0 Å². The molecule has 1 rings (SSSR count). The first kappa shape index (κ1) is 25.6. The number of carbonyl (C=O) groups excluding carboxylic acids is 3. The van der Waals surface area contributed by atoms with Crippen LogP contribution in [0.25, 0.3) is 0 Å². The van der Waals surface area contributed by atoms with Crippen LogP contribution in [0.1, 0.15) is 32.9 Å². The molecule has 1 aromatic rings. The fourth-order valence-electron chi connectivity index (χ4n) is 2.55. The molecule has 3 amide bonds. The second-order valence-electron chi connectivity index (χ2n) is 7.36. The topological polar surface area (TPSA) is 217 Å². The third-order valence-corrected chi connectivity index (χ3v) is 4.27. The maximum absolute atomic E-state index is 12.8. The Balaban J connectivity index is 3.06. The molecule has 4 atom stereocenters. The molecule has 0 radical (unpaired) electrons. The number of aromatic nitrogens is 2. The van der Waals surface area contributed by atoms with Crippen LogP contribution < -0.4 is 21.7 Å². The van der Waals surface area contributed by atoms with Gasteiger partial charge < -0.3 is 36.9 Å². The van der Waals surface area contributed by atoms with Gasteiger partial charge in [0.15, 0.2) is 0 Å². The summed E-state index contributed by atoms with van der Waals surface area (Å²) in [4.78, 5) is 66.4. The molecule has 8 N–H and O–H groups in total. The Kier molecular flexibility index (Phi) is 9.60. The molecular weight excluding hydrogens is 412 g/mol. The van der Waals surface area contributed by atoms with Crippen LogP contribution in [0.5, 0.6) is 0 Å². The Morgan fingerprint density at radius 3 is 2.03 bits per heavy atom. The molecule has 4 unspecified atom stereocenters. The lowest BCUT2D eigenvalue weighted by molar-refractivity contribution is -0.144. The van der Waals surface area contributed by atoms with Gasteiger partial charge in [0, 0.05) is 18.3 Å². The Bertz CT molecular complexity index is 793. The van der Waals surface area contributed by atoms with Crippen LogP contribution in [0.15, 0.2) is 12.5 Å². The first-order valence-corrected chi connectivity index (χ1v) is 9.50. The van der Waals surface area contributed by atoms with Gasteiger partial charge in [0.1, 0.15) is 18.1 Å². The van der Waals surface area contributed by atoms with Gasteiger partial charge in [0.25, 0.3) is 0 Å². The van der Waals surface area contributed by atoms with Gasteiger partial charge in [-0.2, -0.15) is 0 Å². The summed E-state index contributed by atoms with van der Waals surface area (Å²) in [6.07, 6.45) is 1.95. The van der Waals surface area contributed by atoms with Crippen molar-refractivity contribution >= 4 is 29.7 Å². The summed E-state index contributed by atoms with van der Waals surface area (Å²) in [5, 5.41) is 25.3. The number of nitrogens with one attached hydrogen (secondary N) is 4. The van der Waals surface area contributed by atoms with Crippen LogP contribution in [0, 0.1) is 5.92 Å². The summed E-state index contributed by atoms with van der Waals surface area (Å²) in [5.41, 5.74) is 5.91. The lowest BCUT2D eigenvalue weighted by Gasteiger charge is -2.25. The highest BCUT2D eigenvalue weighted by Gasteiger charge is 2.32. The minimum atomic E-state index is -1.49. The summed E-state index contributed by atoms with van der Waals surface area (Å²) in [6.45, 7) is 4.57. The molecule has 172 valence electrons. The predicted octanol–water partition coefficient (Wildman–Crippen LogP) is -2.03. The SMILES string of the molecule is CC(N)C(=O)NC(CC(=O)O)C(=O)NC(Cc1cnc[nH]1)C(=O)NC(C(=O)O)C(C)C. The van der Waals surface area contributed by atoms with Gasteiger partial charge in [-0.15, -0.1) is 0 Å². The van der Waals surface area contributed by atoms with Crippen LogP contribution in [0.3, 0.4) is 0 Å². The van der Waals surface area contributed by atoms with E-state index in [4.69, 9.17) is 10.8 Å². The molecule has 0 saturated heterocycles. The van der Waals surface area contributed by atoms with Crippen LogP contribution >= 0.6 is 0 Å². The molecule has 0 bridgehead atoms. The molecule has 0 spiro atoms. The van der Waals surface area contributed by atoms with Gasteiger partial charge in [0.2, 0.25) is 17.7 Å². The second-order valence-corrected chi connectivity index (χ2v) is 7.36. The Morgan fingerprint density at radius 1 is 1.00 bits per heavy atom. The summed E-state index contributed by atoms with van der Waals surface area (Å²) in [5.74, 6) is -5.52. The fourth-order valence-corrected chi connectivity index (χ4v) is 2.55. The van der Waals surface area contributed by atoms with E-state index >= 15 is 0 Å². The number of nitrogens with zero attached hydrogens (tertiary/aromatic N) is 1. The molecular formula is C18H28N6O7. The lowest BCUT2D eigenvalue weighted by atomic mass is 10.0. The highest BCUT2D eigenvalue weighted by atomic mass is 16.4. The third kappa shape index (κ3) is 8.42. The second kappa shape index (κ2) is 11.6. The van der Waals surface area contributed by atoms with Crippen molar-refractivity contribution in [1.29, 1.82) is 0 Å². The molecule has 0 saturated carbocycles. The number of carbonyl (C=O) groups is 5. The first-order chi connectivity index (χ1) is 14.4. The first-order valence-electron chi connectivity index (χ1n) is 9.50. The average Bonchev–Trinajstić information content (AvgIpc) is 3.16. The number of aliphatic carboxylic acids is 2. The summed E-state index contributed by atoms with van der Waals surface area (Å²) in [6, 6.07) is -4.96. The Morgan fingerprint density at radius 2 is 1.58 bits per heavy atom. The number of nitrogens with two attached hydrogens (primary N) is 1. The Hall–Kier alpha value is -3.48. The van der Waals surface area contributed by atoms with Gasteiger partial charge in [0.05, 0.1) is 18.8 Å². The largest absolute Gasteiger partial charge is 0.481 e. The van der Waals surface area contributed by atoms with Crippen molar-refractivity contribution in [2.45, 2.75) is 57.8 Å². The molecule has 0 aliphatic rings. The molecule has 0 fully saturated rings. The van der Waals surface area contributed by atoms with Crippen molar-refractivity contribution in [3.8, 4) is 0 Å². The number of imidazole rings is 1. The van der Waals surface area contributed by atoms with Crippen LogP contribution in [0.2, 0.25) is 0 Å². The van der Waals surface area contributed by atoms with Crippen molar-refractivity contribution in [3.05, 3.63) is 18.2 Å². The predicted molar refractivity (Wildman–Crippen MR) is 106 cm³/mol. The molecule has 1 aromatic heterocycles.